The van der Waals surface area contributed by atoms with Gasteiger partial charge >= 0.3 is 0 Å². The van der Waals surface area contributed by atoms with E-state index < -0.39 is 0 Å². The normalized spacial score (nSPS) is 11.6. The molecular formula is C45H32N2. The molecule has 47 heavy (non-hydrogen) atoms. The number of nitrogens with zero attached hydrogens (tertiary/aromatic N) is 2. The van der Waals surface area contributed by atoms with E-state index in [9.17, 15) is 0 Å². The number of para-hydroxylation sites is 3. The fourth-order valence-corrected chi connectivity index (χ4v) is 7.31. The Morgan fingerprint density at radius 3 is 1.51 bits per heavy atom. The van der Waals surface area contributed by atoms with Crippen molar-refractivity contribution in [2.24, 2.45) is 0 Å². The first-order valence-electron chi connectivity index (χ1n) is 16.2. The minimum absolute atomic E-state index is 0.869. The van der Waals surface area contributed by atoms with Crippen LogP contribution in [-0.2, 0) is 6.42 Å². The van der Waals surface area contributed by atoms with Crippen molar-refractivity contribution in [2.75, 3.05) is 0 Å². The molecule has 9 rings (SSSR count). The predicted molar refractivity (Wildman–Crippen MR) is 200 cm³/mol. The maximum absolute atomic E-state index is 3.92. The lowest BCUT2D eigenvalue weighted by Gasteiger charge is -2.11. The summed E-state index contributed by atoms with van der Waals surface area (Å²) in [5.41, 5.74) is 13.3. The Labute approximate surface area is 274 Å². The number of hydrogen-bond donors (Lipinski definition) is 0. The monoisotopic (exact) mass is 600 g/mol. The van der Waals surface area contributed by atoms with E-state index in [0.29, 0.717) is 0 Å². The summed E-state index contributed by atoms with van der Waals surface area (Å²) < 4.78 is 4.78. The van der Waals surface area contributed by atoms with E-state index in [1.54, 1.807) is 0 Å². The Morgan fingerprint density at radius 2 is 0.872 bits per heavy atom. The zero-order valence-corrected chi connectivity index (χ0v) is 26.0. The largest absolute Gasteiger partial charge is 0.309 e. The third kappa shape index (κ3) is 4.49. The van der Waals surface area contributed by atoms with Crippen LogP contribution in [0.15, 0.2) is 176 Å². The molecule has 0 saturated heterocycles. The molecule has 0 fully saturated rings. The molecule has 0 aliphatic rings. The molecule has 222 valence electrons. The molecule has 0 unspecified atom stereocenters. The fraction of sp³-hybridized carbons (Fsp3) is 0.0222. The Bertz CT molecular complexity index is 2620. The molecule has 9 aromatic rings. The third-order valence-electron chi connectivity index (χ3n) is 9.44. The molecule has 2 heterocycles. The number of aromatic nitrogens is 2. The molecule has 2 aromatic heterocycles. The van der Waals surface area contributed by atoms with Gasteiger partial charge in [0, 0.05) is 32.9 Å². The van der Waals surface area contributed by atoms with Crippen molar-refractivity contribution in [1.29, 1.82) is 0 Å². The average Bonchev–Trinajstić information content (AvgIpc) is 3.64. The Morgan fingerprint density at radius 1 is 0.383 bits per heavy atom. The molecule has 0 N–H and O–H groups in total. The van der Waals surface area contributed by atoms with Crippen LogP contribution in [0.1, 0.15) is 5.56 Å². The first-order valence-corrected chi connectivity index (χ1v) is 16.2. The highest BCUT2D eigenvalue weighted by atomic mass is 15.0. The van der Waals surface area contributed by atoms with Gasteiger partial charge in [-0.25, -0.2) is 0 Å². The van der Waals surface area contributed by atoms with E-state index in [2.05, 4.69) is 180 Å². The van der Waals surface area contributed by atoms with E-state index in [4.69, 9.17) is 0 Å². The van der Waals surface area contributed by atoms with Crippen LogP contribution in [-0.4, -0.2) is 9.13 Å². The Balaban J connectivity index is 1.19. The maximum Gasteiger partial charge on any atom is 0.0541 e. The lowest BCUT2D eigenvalue weighted by Crippen LogP contribution is -1.94. The minimum atomic E-state index is 0.869. The van der Waals surface area contributed by atoms with Crippen LogP contribution in [0.2, 0.25) is 0 Å². The van der Waals surface area contributed by atoms with Crippen molar-refractivity contribution in [3.05, 3.63) is 182 Å². The first kappa shape index (κ1) is 27.2. The van der Waals surface area contributed by atoms with E-state index in [1.165, 1.54) is 77.1 Å². The number of benzene rings is 7. The summed E-state index contributed by atoms with van der Waals surface area (Å²) in [6, 6.07) is 59.6. The quantitative estimate of drug-likeness (QED) is 0.168. The number of hydrogen-bond acceptors (Lipinski definition) is 0. The standard InChI is InChI=1S/C45H32N2/c1-2-12-31-13-10-14-32(27-31)34-23-26-45-41(29-34)39-20-7-9-22-43(39)47(45)37-18-11-15-33(28-37)35-24-25-44-40(30-35)38-19-6-8-21-42(38)46(44)36-16-4-3-5-17-36/h2-11,13-30H,1,12H2. The molecular weight excluding hydrogens is 569 g/mol. The van der Waals surface area contributed by atoms with Gasteiger partial charge in [-0.1, -0.05) is 109 Å². The van der Waals surface area contributed by atoms with Crippen LogP contribution in [0, 0.1) is 0 Å². The highest BCUT2D eigenvalue weighted by Crippen LogP contribution is 2.38. The van der Waals surface area contributed by atoms with Crippen LogP contribution < -0.4 is 0 Å². The SMILES string of the molecule is C=CCc1cccc(-c2ccc3c(c2)c2ccccc2n3-c2cccc(-c3ccc4c(c3)c3ccccc3n4-c3ccccc3)c2)c1. The summed E-state index contributed by atoms with van der Waals surface area (Å²) in [4.78, 5) is 0. The second-order valence-corrected chi connectivity index (χ2v) is 12.2. The summed E-state index contributed by atoms with van der Waals surface area (Å²) in [7, 11) is 0. The van der Waals surface area contributed by atoms with Crippen LogP contribution in [0.5, 0.6) is 0 Å². The molecule has 7 aromatic carbocycles. The molecule has 0 saturated carbocycles. The van der Waals surface area contributed by atoms with Gasteiger partial charge < -0.3 is 9.13 Å². The zero-order valence-electron chi connectivity index (χ0n) is 26.0. The van der Waals surface area contributed by atoms with Crippen LogP contribution in [0.25, 0.3) is 77.2 Å². The van der Waals surface area contributed by atoms with Gasteiger partial charge in [-0.3, -0.25) is 0 Å². The number of fused-ring (bicyclic) bond motifs is 6. The van der Waals surface area contributed by atoms with Crippen molar-refractivity contribution in [3.8, 4) is 33.6 Å². The summed E-state index contributed by atoms with van der Waals surface area (Å²) in [6.07, 6.45) is 2.83. The van der Waals surface area contributed by atoms with Gasteiger partial charge in [0.1, 0.15) is 0 Å². The van der Waals surface area contributed by atoms with Crippen molar-refractivity contribution in [2.45, 2.75) is 6.42 Å². The number of allylic oxidation sites excluding steroid dienone is 1. The lowest BCUT2D eigenvalue weighted by atomic mass is 10.00. The van der Waals surface area contributed by atoms with Crippen LogP contribution in [0.4, 0.5) is 0 Å². The molecule has 2 nitrogen and oxygen atoms in total. The van der Waals surface area contributed by atoms with Gasteiger partial charge in [-0.2, -0.15) is 0 Å². The topological polar surface area (TPSA) is 9.86 Å². The van der Waals surface area contributed by atoms with Crippen LogP contribution in [0.3, 0.4) is 0 Å². The molecule has 0 spiro atoms. The maximum atomic E-state index is 3.92. The lowest BCUT2D eigenvalue weighted by molar-refractivity contribution is 1.18. The molecule has 2 heteroatoms. The first-order chi connectivity index (χ1) is 23.3. The smallest absolute Gasteiger partial charge is 0.0541 e. The molecule has 0 aliphatic carbocycles. The molecule has 0 amide bonds. The third-order valence-corrected chi connectivity index (χ3v) is 9.44. The summed E-state index contributed by atoms with van der Waals surface area (Å²) in [5.74, 6) is 0. The molecule has 0 bridgehead atoms. The van der Waals surface area contributed by atoms with Crippen molar-refractivity contribution >= 4 is 43.6 Å². The van der Waals surface area contributed by atoms with Gasteiger partial charge in [0.05, 0.1) is 22.1 Å². The second kappa shape index (κ2) is 11.0. The Kier molecular flexibility index (Phi) is 6.39. The highest BCUT2D eigenvalue weighted by molar-refractivity contribution is 6.11. The van der Waals surface area contributed by atoms with Crippen molar-refractivity contribution < 1.29 is 0 Å². The predicted octanol–water partition coefficient (Wildman–Crippen LogP) is 11.9. The van der Waals surface area contributed by atoms with Gasteiger partial charge in [0.25, 0.3) is 0 Å². The molecule has 0 aliphatic heterocycles. The van der Waals surface area contributed by atoms with Gasteiger partial charge in [0.2, 0.25) is 0 Å². The van der Waals surface area contributed by atoms with E-state index in [0.717, 1.165) is 12.1 Å². The molecule has 0 radical (unpaired) electrons. The number of rotatable bonds is 6. The van der Waals surface area contributed by atoms with E-state index >= 15 is 0 Å². The average molecular weight is 601 g/mol. The van der Waals surface area contributed by atoms with E-state index in [-0.39, 0.29) is 0 Å². The minimum Gasteiger partial charge on any atom is -0.309 e. The van der Waals surface area contributed by atoms with Gasteiger partial charge in [-0.05, 0) is 94.9 Å². The summed E-state index contributed by atoms with van der Waals surface area (Å²) in [5, 5.41) is 5.03. The van der Waals surface area contributed by atoms with Gasteiger partial charge in [0.15, 0.2) is 0 Å². The van der Waals surface area contributed by atoms with Crippen molar-refractivity contribution in [3.63, 3.8) is 0 Å². The fourth-order valence-electron chi connectivity index (χ4n) is 7.31. The Hall–Kier alpha value is -6.12. The summed E-state index contributed by atoms with van der Waals surface area (Å²) in [6.45, 7) is 3.92. The van der Waals surface area contributed by atoms with Gasteiger partial charge in [-0.15, -0.1) is 6.58 Å². The zero-order chi connectivity index (χ0) is 31.3. The highest BCUT2D eigenvalue weighted by Gasteiger charge is 2.16. The van der Waals surface area contributed by atoms with Crippen LogP contribution >= 0.6 is 0 Å². The summed E-state index contributed by atoms with van der Waals surface area (Å²) >= 11 is 0. The van der Waals surface area contributed by atoms with E-state index in [1.807, 2.05) is 6.08 Å². The van der Waals surface area contributed by atoms with Crippen molar-refractivity contribution in [1.82, 2.24) is 9.13 Å². The molecule has 0 atom stereocenters. The second-order valence-electron chi connectivity index (χ2n) is 12.2.